The van der Waals surface area contributed by atoms with Gasteiger partial charge in [0.2, 0.25) is 0 Å². The van der Waals surface area contributed by atoms with E-state index >= 15 is 0 Å². The first-order valence-electron chi connectivity index (χ1n) is 7.76. The Bertz CT molecular complexity index is 475. The van der Waals surface area contributed by atoms with Gasteiger partial charge in [-0.05, 0) is 50.6 Å². The molecule has 0 saturated heterocycles. The molecule has 0 fully saturated rings. The number of benzene rings is 1. The first-order valence-corrected chi connectivity index (χ1v) is 8.99. The van der Waals surface area contributed by atoms with E-state index in [1.165, 1.54) is 16.0 Å². The van der Waals surface area contributed by atoms with Crippen LogP contribution in [0, 0.1) is 6.92 Å². The van der Waals surface area contributed by atoms with E-state index in [4.69, 9.17) is 4.74 Å². The highest BCUT2D eigenvalue weighted by molar-refractivity contribution is 7.98. The Hall–Kier alpha value is -1.20. The van der Waals surface area contributed by atoms with Gasteiger partial charge < -0.3 is 15.4 Å². The molecule has 4 nitrogen and oxygen atoms in total. The number of hydrogen-bond donors (Lipinski definition) is 2. The van der Waals surface area contributed by atoms with Crippen LogP contribution in [0.2, 0.25) is 0 Å². The maximum atomic E-state index is 5.53. The SMILES string of the molecule is CN=C(NCCCOC(C)C)NCc1ccc(C)cc1SC. The van der Waals surface area contributed by atoms with Gasteiger partial charge in [0.05, 0.1) is 6.10 Å². The molecule has 0 aliphatic heterocycles. The van der Waals surface area contributed by atoms with Crippen LogP contribution < -0.4 is 10.6 Å². The van der Waals surface area contributed by atoms with Crippen molar-refractivity contribution in [1.29, 1.82) is 0 Å². The van der Waals surface area contributed by atoms with E-state index in [9.17, 15) is 0 Å². The predicted molar refractivity (Wildman–Crippen MR) is 96.9 cm³/mol. The van der Waals surface area contributed by atoms with Crippen molar-refractivity contribution < 1.29 is 4.74 Å². The molecule has 0 radical (unpaired) electrons. The van der Waals surface area contributed by atoms with E-state index < -0.39 is 0 Å². The molecule has 0 heterocycles. The number of guanidine groups is 1. The molecule has 5 heteroatoms. The molecule has 0 unspecified atom stereocenters. The van der Waals surface area contributed by atoms with Gasteiger partial charge in [-0.1, -0.05) is 12.1 Å². The normalized spacial score (nSPS) is 11.8. The third kappa shape index (κ3) is 7.18. The van der Waals surface area contributed by atoms with E-state index in [0.29, 0.717) is 6.10 Å². The van der Waals surface area contributed by atoms with Crippen LogP contribution in [0.15, 0.2) is 28.1 Å². The molecule has 0 atom stereocenters. The number of ether oxygens (including phenoxy) is 1. The zero-order valence-corrected chi connectivity index (χ0v) is 15.2. The molecule has 0 spiro atoms. The number of rotatable bonds is 8. The largest absolute Gasteiger partial charge is 0.379 e. The van der Waals surface area contributed by atoms with Gasteiger partial charge >= 0.3 is 0 Å². The molecule has 124 valence electrons. The van der Waals surface area contributed by atoms with Crippen LogP contribution in [0.5, 0.6) is 0 Å². The fraction of sp³-hybridized carbons (Fsp3) is 0.588. The first-order chi connectivity index (χ1) is 10.6. The van der Waals surface area contributed by atoms with Crippen molar-refractivity contribution in [3.8, 4) is 0 Å². The zero-order valence-electron chi connectivity index (χ0n) is 14.4. The summed E-state index contributed by atoms with van der Waals surface area (Å²) in [5, 5.41) is 6.68. The van der Waals surface area contributed by atoms with E-state index in [1.54, 1.807) is 18.8 Å². The highest BCUT2D eigenvalue weighted by Gasteiger charge is 2.03. The Morgan fingerprint density at radius 3 is 2.73 bits per heavy atom. The van der Waals surface area contributed by atoms with Gasteiger partial charge in [-0.2, -0.15) is 0 Å². The van der Waals surface area contributed by atoms with E-state index in [2.05, 4.69) is 60.9 Å². The highest BCUT2D eigenvalue weighted by Crippen LogP contribution is 2.21. The summed E-state index contributed by atoms with van der Waals surface area (Å²) in [6, 6.07) is 6.55. The summed E-state index contributed by atoms with van der Waals surface area (Å²) in [7, 11) is 1.80. The third-order valence-electron chi connectivity index (χ3n) is 3.18. The number of nitrogens with zero attached hydrogens (tertiary/aromatic N) is 1. The van der Waals surface area contributed by atoms with Gasteiger partial charge in [0.25, 0.3) is 0 Å². The lowest BCUT2D eigenvalue weighted by atomic mass is 10.1. The minimum absolute atomic E-state index is 0.295. The van der Waals surface area contributed by atoms with Crippen molar-refractivity contribution in [2.24, 2.45) is 4.99 Å². The number of aliphatic imine (C=N–C) groups is 1. The summed E-state index contributed by atoms with van der Waals surface area (Å²) in [5.74, 6) is 0.831. The molecular weight excluding hydrogens is 294 g/mol. The highest BCUT2D eigenvalue weighted by atomic mass is 32.2. The maximum absolute atomic E-state index is 5.53. The van der Waals surface area contributed by atoms with Crippen LogP contribution in [0.3, 0.4) is 0 Å². The van der Waals surface area contributed by atoms with Crippen molar-refractivity contribution >= 4 is 17.7 Å². The van der Waals surface area contributed by atoms with Gasteiger partial charge in [0, 0.05) is 31.6 Å². The minimum atomic E-state index is 0.295. The summed E-state index contributed by atoms with van der Waals surface area (Å²) < 4.78 is 5.53. The lowest BCUT2D eigenvalue weighted by molar-refractivity contribution is 0.0776. The first kappa shape index (κ1) is 18.8. The zero-order chi connectivity index (χ0) is 16.4. The van der Waals surface area contributed by atoms with Crippen molar-refractivity contribution in [2.45, 2.75) is 44.7 Å². The molecule has 0 amide bonds. The molecule has 1 rings (SSSR count). The predicted octanol–water partition coefficient (Wildman–Crippen LogP) is 3.20. The molecule has 1 aromatic rings. The van der Waals surface area contributed by atoms with Crippen LogP contribution in [0.1, 0.15) is 31.4 Å². The Morgan fingerprint density at radius 1 is 1.32 bits per heavy atom. The lowest BCUT2D eigenvalue weighted by Crippen LogP contribution is -2.37. The van der Waals surface area contributed by atoms with Gasteiger partial charge in [-0.25, -0.2) is 0 Å². The Balaban J connectivity index is 2.38. The van der Waals surface area contributed by atoms with Crippen molar-refractivity contribution in [2.75, 3.05) is 26.5 Å². The Morgan fingerprint density at radius 2 is 2.09 bits per heavy atom. The standard InChI is InChI=1S/C17H29N3OS/c1-13(2)21-10-6-9-19-17(18-4)20-12-15-8-7-14(3)11-16(15)22-5/h7-8,11,13H,6,9-10,12H2,1-5H3,(H2,18,19,20). The summed E-state index contributed by atoms with van der Waals surface area (Å²) >= 11 is 1.78. The van der Waals surface area contributed by atoms with Gasteiger partial charge in [-0.15, -0.1) is 11.8 Å². The summed E-state index contributed by atoms with van der Waals surface area (Å²) in [4.78, 5) is 5.57. The molecule has 0 saturated carbocycles. The number of aryl methyl sites for hydroxylation is 1. The molecule has 0 aliphatic carbocycles. The van der Waals surface area contributed by atoms with Crippen molar-refractivity contribution in [3.05, 3.63) is 29.3 Å². The number of hydrogen-bond acceptors (Lipinski definition) is 3. The quantitative estimate of drug-likeness (QED) is 0.334. The summed E-state index contributed by atoms with van der Waals surface area (Å²) in [5.41, 5.74) is 2.59. The van der Waals surface area contributed by atoms with Crippen LogP contribution in [0.4, 0.5) is 0 Å². The van der Waals surface area contributed by atoms with Crippen LogP contribution in [-0.2, 0) is 11.3 Å². The van der Waals surface area contributed by atoms with Crippen LogP contribution >= 0.6 is 11.8 Å². The number of thioether (sulfide) groups is 1. The molecule has 0 aromatic heterocycles. The second-order valence-corrected chi connectivity index (χ2v) is 6.29. The average Bonchev–Trinajstić information content (AvgIpc) is 2.50. The smallest absolute Gasteiger partial charge is 0.191 e. The van der Waals surface area contributed by atoms with E-state index in [-0.39, 0.29) is 0 Å². The monoisotopic (exact) mass is 323 g/mol. The number of nitrogens with one attached hydrogen (secondary N) is 2. The summed E-state index contributed by atoms with van der Waals surface area (Å²) in [6.07, 6.45) is 3.38. The molecule has 2 N–H and O–H groups in total. The Labute approximate surface area is 139 Å². The molecule has 0 aliphatic rings. The van der Waals surface area contributed by atoms with E-state index in [1.807, 2.05) is 0 Å². The van der Waals surface area contributed by atoms with Gasteiger partial charge in [-0.3, -0.25) is 4.99 Å². The third-order valence-corrected chi connectivity index (χ3v) is 4.00. The lowest BCUT2D eigenvalue weighted by Gasteiger charge is -2.14. The van der Waals surface area contributed by atoms with Crippen LogP contribution in [-0.4, -0.2) is 38.5 Å². The van der Waals surface area contributed by atoms with Crippen molar-refractivity contribution in [1.82, 2.24) is 10.6 Å². The van der Waals surface area contributed by atoms with Crippen molar-refractivity contribution in [3.63, 3.8) is 0 Å². The topological polar surface area (TPSA) is 45.7 Å². The fourth-order valence-corrected chi connectivity index (χ4v) is 2.70. The molecule has 1 aromatic carbocycles. The fourth-order valence-electron chi connectivity index (χ4n) is 2.00. The molecule has 22 heavy (non-hydrogen) atoms. The average molecular weight is 324 g/mol. The minimum Gasteiger partial charge on any atom is -0.379 e. The molecule has 0 bridgehead atoms. The molecular formula is C17H29N3OS. The maximum Gasteiger partial charge on any atom is 0.191 e. The second-order valence-electron chi connectivity index (χ2n) is 5.44. The van der Waals surface area contributed by atoms with E-state index in [0.717, 1.165) is 32.1 Å². The van der Waals surface area contributed by atoms with Crippen LogP contribution in [0.25, 0.3) is 0 Å². The summed E-state index contributed by atoms with van der Waals surface area (Å²) in [6.45, 7) is 8.64. The van der Waals surface area contributed by atoms with Gasteiger partial charge in [0.15, 0.2) is 5.96 Å². The Kier molecular flexibility index (Phi) is 9.01. The van der Waals surface area contributed by atoms with Gasteiger partial charge in [0.1, 0.15) is 0 Å². The second kappa shape index (κ2) is 10.5.